The van der Waals surface area contributed by atoms with Crippen LogP contribution < -0.4 is 15.5 Å². The molecule has 6 heteroatoms. The van der Waals surface area contributed by atoms with Crippen molar-refractivity contribution in [1.82, 2.24) is 20.4 Å². The fourth-order valence-corrected chi connectivity index (χ4v) is 3.21. The molecule has 2 aromatic rings. The molecule has 0 radical (unpaired) electrons. The van der Waals surface area contributed by atoms with Gasteiger partial charge in [0.2, 0.25) is 5.91 Å². The summed E-state index contributed by atoms with van der Waals surface area (Å²) < 4.78 is 1.87. The first kappa shape index (κ1) is 17.5. The number of aromatic nitrogens is 2. The molecule has 0 spiro atoms. The highest BCUT2D eigenvalue weighted by molar-refractivity contribution is 5.78. The third kappa shape index (κ3) is 5.32. The molecule has 0 saturated carbocycles. The Morgan fingerprint density at radius 3 is 2.92 bits per heavy atom. The largest absolute Gasteiger partial charge is 0.371 e. The van der Waals surface area contributed by atoms with Crippen molar-refractivity contribution in [2.24, 2.45) is 5.92 Å². The molecule has 2 unspecified atom stereocenters. The average molecular weight is 341 g/mol. The Labute approximate surface area is 149 Å². The van der Waals surface area contributed by atoms with Crippen molar-refractivity contribution in [2.45, 2.75) is 25.9 Å². The minimum absolute atomic E-state index is 0.0606. The standard InChI is InChI=1S/C19H27N5O/c1-16(14-24-10-5-9-22-24)20-13-19(25)21-12-17-8-11-23(15-17)18-6-3-2-4-7-18/h2-7,9-10,16-17,20H,8,11-15H2,1H3,(H,21,25). The lowest BCUT2D eigenvalue weighted by Gasteiger charge is -2.19. The van der Waals surface area contributed by atoms with E-state index in [2.05, 4.69) is 51.8 Å². The molecule has 1 aliphatic heterocycles. The van der Waals surface area contributed by atoms with E-state index in [-0.39, 0.29) is 11.9 Å². The first-order valence-corrected chi connectivity index (χ1v) is 8.98. The van der Waals surface area contributed by atoms with Gasteiger partial charge in [-0.05, 0) is 37.5 Å². The maximum Gasteiger partial charge on any atom is 0.233 e. The minimum Gasteiger partial charge on any atom is -0.371 e. The van der Waals surface area contributed by atoms with E-state index in [4.69, 9.17) is 0 Å². The van der Waals surface area contributed by atoms with Gasteiger partial charge in [0.25, 0.3) is 0 Å². The Morgan fingerprint density at radius 1 is 1.32 bits per heavy atom. The van der Waals surface area contributed by atoms with Gasteiger partial charge in [-0.3, -0.25) is 9.48 Å². The summed E-state index contributed by atoms with van der Waals surface area (Å²) in [5.41, 5.74) is 1.27. The average Bonchev–Trinajstić information content (AvgIpc) is 3.31. The van der Waals surface area contributed by atoms with E-state index >= 15 is 0 Å². The molecule has 1 aliphatic rings. The van der Waals surface area contributed by atoms with Crippen LogP contribution in [0.3, 0.4) is 0 Å². The summed E-state index contributed by atoms with van der Waals surface area (Å²) in [6.07, 6.45) is 4.81. The zero-order valence-corrected chi connectivity index (χ0v) is 14.8. The molecular formula is C19H27N5O. The van der Waals surface area contributed by atoms with Crippen molar-refractivity contribution < 1.29 is 4.79 Å². The number of amides is 1. The van der Waals surface area contributed by atoms with Crippen molar-refractivity contribution in [3.8, 4) is 0 Å². The van der Waals surface area contributed by atoms with E-state index in [1.54, 1.807) is 6.20 Å². The topological polar surface area (TPSA) is 62.2 Å². The van der Waals surface area contributed by atoms with Gasteiger partial charge in [0.05, 0.1) is 13.1 Å². The van der Waals surface area contributed by atoms with E-state index in [1.165, 1.54) is 5.69 Å². The number of nitrogens with one attached hydrogen (secondary N) is 2. The molecule has 2 atom stereocenters. The Balaban J connectivity index is 1.33. The number of benzene rings is 1. The van der Waals surface area contributed by atoms with Crippen LogP contribution in [0.2, 0.25) is 0 Å². The predicted octanol–water partition coefficient (Wildman–Crippen LogP) is 1.50. The molecule has 134 valence electrons. The summed E-state index contributed by atoms with van der Waals surface area (Å²) in [6, 6.07) is 12.6. The highest BCUT2D eigenvalue weighted by atomic mass is 16.1. The van der Waals surface area contributed by atoms with Gasteiger partial charge < -0.3 is 15.5 Å². The normalized spacial score (nSPS) is 18.3. The molecule has 3 rings (SSSR count). The van der Waals surface area contributed by atoms with Crippen molar-refractivity contribution in [2.75, 3.05) is 31.1 Å². The molecule has 6 nitrogen and oxygen atoms in total. The molecule has 1 fully saturated rings. The van der Waals surface area contributed by atoms with E-state index < -0.39 is 0 Å². The van der Waals surface area contributed by atoms with Crippen LogP contribution in [0.4, 0.5) is 5.69 Å². The fraction of sp³-hybridized carbons (Fsp3) is 0.474. The van der Waals surface area contributed by atoms with Crippen LogP contribution in [0.25, 0.3) is 0 Å². The number of anilines is 1. The first-order valence-electron chi connectivity index (χ1n) is 8.98. The van der Waals surface area contributed by atoms with Gasteiger partial charge in [0.1, 0.15) is 0 Å². The van der Waals surface area contributed by atoms with Crippen LogP contribution in [0.1, 0.15) is 13.3 Å². The third-order valence-electron chi connectivity index (χ3n) is 4.63. The second-order valence-corrected chi connectivity index (χ2v) is 6.75. The van der Waals surface area contributed by atoms with Gasteiger partial charge in [-0.2, -0.15) is 5.10 Å². The van der Waals surface area contributed by atoms with Gasteiger partial charge in [-0.15, -0.1) is 0 Å². The van der Waals surface area contributed by atoms with Gasteiger partial charge in [0.15, 0.2) is 0 Å². The molecule has 0 aliphatic carbocycles. The fourth-order valence-electron chi connectivity index (χ4n) is 3.21. The summed E-state index contributed by atoms with van der Waals surface area (Å²) in [5.74, 6) is 0.580. The maximum atomic E-state index is 12.0. The number of para-hydroxylation sites is 1. The molecule has 0 bridgehead atoms. The summed E-state index contributed by atoms with van der Waals surface area (Å²) in [4.78, 5) is 14.4. The molecule has 2 heterocycles. The van der Waals surface area contributed by atoms with Crippen molar-refractivity contribution in [3.63, 3.8) is 0 Å². The van der Waals surface area contributed by atoms with Crippen molar-refractivity contribution in [3.05, 3.63) is 48.8 Å². The molecule has 25 heavy (non-hydrogen) atoms. The molecule has 2 N–H and O–H groups in total. The van der Waals surface area contributed by atoms with E-state index in [9.17, 15) is 4.79 Å². The third-order valence-corrected chi connectivity index (χ3v) is 4.63. The van der Waals surface area contributed by atoms with Crippen LogP contribution in [0.5, 0.6) is 0 Å². The SMILES string of the molecule is CC(Cn1cccn1)NCC(=O)NCC1CCN(c2ccccc2)C1. The van der Waals surface area contributed by atoms with Crippen LogP contribution in [0.15, 0.2) is 48.8 Å². The lowest BCUT2D eigenvalue weighted by Crippen LogP contribution is -2.41. The van der Waals surface area contributed by atoms with E-state index in [0.717, 1.165) is 32.6 Å². The van der Waals surface area contributed by atoms with E-state index in [0.29, 0.717) is 12.5 Å². The molecule has 1 aromatic carbocycles. The lowest BCUT2D eigenvalue weighted by atomic mass is 10.1. The Morgan fingerprint density at radius 2 is 2.16 bits per heavy atom. The number of carbonyl (C=O) groups excluding carboxylic acids is 1. The number of carbonyl (C=O) groups is 1. The highest BCUT2D eigenvalue weighted by Gasteiger charge is 2.22. The Hall–Kier alpha value is -2.34. The zero-order chi connectivity index (χ0) is 17.5. The number of hydrogen-bond donors (Lipinski definition) is 2. The zero-order valence-electron chi connectivity index (χ0n) is 14.8. The highest BCUT2D eigenvalue weighted by Crippen LogP contribution is 2.22. The number of hydrogen-bond acceptors (Lipinski definition) is 4. The van der Waals surface area contributed by atoms with Crippen LogP contribution in [0, 0.1) is 5.92 Å². The van der Waals surface area contributed by atoms with Gasteiger partial charge in [-0.25, -0.2) is 0 Å². The summed E-state index contributed by atoms with van der Waals surface area (Å²) in [5, 5.41) is 10.5. The second-order valence-electron chi connectivity index (χ2n) is 6.75. The number of rotatable bonds is 8. The van der Waals surface area contributed by atoms with Crippen LogP contribution in [-0.4, -0.2) is 47.9 Å². The predicted molar refractivity (Wildman–Crippen MR) is 99.5 cm³/mol. The second kappa shape index (κ2) is 8.67. The lowest BCUT2D eigenvalue weighted by molar-refractivity contribution is -0.120. The monoisotopic (exact) mass is 341 g/mol. The quantitative estimate of drug-likeness (QED) is 0.764. The Kier molecular flexibility index (Phi) is 6.06. The van der Waals surface area contributed by atoms with Crippen molar-refractivity contribution >= 4 is 11.6 Å². The van der Waals surface area contributed by atoms with Crippen LogP contribution >= 0.6 is 0 Å². The smallest absolute Gasteiger partial charge is 0.233 e. The summed E-state index contributed by atoms with van der Waals surface area (Å²) in [7, 11) is 0. The van der Waals surface area contributed by atoms with Gasteiger partial charge >= 0.3 is 0 Å². The summed E-state index contributed by atoms with van der Waals surface area (Å²) in [6.45, 7) is 5.98. The van der Waals surface area contributed by atoms with Gasteiger partial charge in [0, 0.05) is 43.8 Å². The Bertz CT molecular complexity index is 643. The minimum atomic E-state index is 0.0606. The van der Waals surface area contributed by atoms with Crippen LogP contribution in [-0.2, 0) is 11.3 Å². The number of nitrogens with zero attached hydrogens (tertiary/aromatic N) is 3. The molecule has 1 aromatic heterocycles. The van der Waals surface area contributed by atoms with Gasteiger partial charge in [-0.1, -0.05) is 18.2 Å². The molecule has 1 saturated heterocycles. The maximum absolute atomic E-state index is 12.0. The first-order chi connectivity index (χ1) is 12.2. The van der Waals surface area contributed by atoms with E-state index in [1.807, 2.05) is 23.0 Å². The molecular weight excluding hydrogens is 314 g/mol. The summed E-state index contributed by atoms with van der Waals surface area (Å²) >= 11 is 0. The molecule has 1 amide bonds. The van der Waals surface area contributed by atoms with Crippen molar-refractivity contribution in [1.29, 1.82) is 0 Å².